The number of nitrogens with zero attached hydrogens (tertiary/aromatic N) is 3. The molecule has 4 nitrogen and oxygen atoms in total. The van der Waals surface area contributed by atoms with Crippen LogP contribution < -0.4 is 10.2 Å². The van der Waals surface area contributed by atoms with Gasteiger partial charge in [0.25, 0.3) is 0 Å². The van der Waals surface area contributed by atoms with Crippen molar-refractivity contribution in [3.8, 4) is 11.4 Å². The Bertz CT molecular complexity index is 1240. The predicted octanol–water partition coefficient (Wildman–Crippen LogP) is 6.35. The standard InChI is InChI=1S/C26H20N4/c1-2-19-10-8-15-22(27-19)23-16-9-11-20(28-23)18-26-29-24-14-6-7-17-25(24)30(26)21-12-4-3-5-13-21/h2-18,29H,1H2. The minimum atomic E-state index is 0.829. The Morgan fingerprint density at radius 1 is 0.700 bits per heavy atom. The summed E-state index contributed by atoms with van der Waals surface area (Å²) in [5.41, 5.74) is 6.63. The van der Waals surface area contributed by atoms with Crippen LogP contribution in [0.25, 0.3) is 23.5 Å². The molecule has 3 heterocycles. The van der Waals surface area contributed by atoms with E-state index in [1.807, 2.05) is 60.7 Å². The smallest absolute Gasteiger partial charge is 0.117 e. The van der Waals surface area contributed by atoms with Gasteiger partial charge in [-0.3, -0.25) is 4.90 Å². The fourth-order valence-electron chi connectivity index (χ4n) is 3.58. The van der Waals surface area contributed by atoms with Crippen LogP contribution in [0.3, 0.4) is 0 Å². The van der Waals surface area contributed by atoms with Gasteiger partial charge in [-0.05, 0) is 54.6 Å². The van der Waals surface area contributed by atoms with Gasteiger partial charge in [0.1, 0.15) is 5.82 Å². The van der Waals surface area contributed by atoms with Crippen LogP contribution in [-0.2, 0) is 0 Å². The second kappa shape index (κ2) is 7.68. The van der Waals surface area contributed by atoms with E-state index in [4.69, 9.17) is 4.98 Å². The van der Waals surface area contributed by atoms with Crippen LogP contribution in [0.1, 0.15) is 11.4 Å². The maximum atomic E-state index is 4.83. The third kappa shape index (κ3) is 3.35. The Balaban J connectivity index is 1.56. The fraction of sp³-hybridized carbons (Fsp3) is 0. The quantitative estimate of drug-likeness (QED) is 0.442. The number of rotatable bonds is 4. The predicted molar refractivity (Wildman–Crippen MR) is 124 cm³/mol. The molecule has 0 bridgehead atoms. The van der Waals surface area contributed by atoms with Gasteiger partial charge in [0.05, 0.1) is 34.2 Å². The summed E-state index contributed by atoms with van der Waals surface area (Å²) >= 11 is 0. The molecule has 144 valence electrons. The third-order valence-electron chi connectivity index (χ3n) is 4.96. The Morgan fingerprint density at radius 2 is 1.37 bits per heavy atom. The van der Waals surface area contributed by atoms with Crippen molar-refractivity contribution in [3.05, 3.63) is 115 Å². The highest BCUT2D eigenvalue weighted by Crippen LogP contribution is 2.41. The van der Waals surface area contributed by atoms with Crippen molar-refractivity contribution >= 4 is 29.2 Å². The van der Waals surface area contributed by atoms with Crippen molar-refractivity contribution in [2.75, 3.05) is 10.2 Å². The van der Waals surface area contributed by atoms with Crippen LogP contribution in [0.15, 0.2) is 103 Å². The molecule has 0 radical (unpaired) electrons. The Hall–Kier alpha value is -4.18. The number of anilines is 3. The minimum absolute atomic E-state index is 0.829. The number of benzene rings is 2. The van der Waals surface area contributed by atoms with Gasteiger partial charge in [-0.15, -0.1) is 0 Å². The summed E-state index contributed by atoms with van der Waals surface area (Å²) < 4.78 is 0. The lowest BCUT2D eigenvalue weighted by Gasteiger charge is -2.20. The monoisotopic (exact) mass is 388 g/mol. The molecule has 0 spiro atoms. The van der Waals surface area contributed by atoms with Gasteiger partial charge < -0.3 is 5.32 Å². The van der Waals surface area contributed by atoms with Crippen LogP contribution in [0, 0.1) is 0 Å². The van der Waals surface area contributed by atoms with E-state index in [9.17, 15) is 0 Å². The molecule has 0 unspecified atom stereocenters. The molecule has 1 aliphatic heterocycles. The Morgan fingerprint density at radius 3 is 2.13 bits per heavy atom. The fourth-order valence-corrected chi connectivity index (χ4v) is 3.58. The van der Waals surface area contributed by atoms with Crippen LogP contribution in [0.4, 0.5) is 17.1 Å². The highest BCUT2D eigenvalue weighted by Gasteiger charge is 2.24. The Labute approximate surface area is 175 Å². The van der Waals surface area contributed by atoms with Crippen LogP contribution in [0.2, 0.25) is 0 Å². The maximum absolute atomic E-state index is 4.83. The van der Waals surface area contributed by atoms with E-state index in [1.165, 1.54) is 0 Å². The van der Waals surface area contributed by atoms with Crippen molar-refractivity contribution in [1.82, 2.24) is 9.97 Å². The Kier molecular flexibility index (Phi) is 4.58. The molecule has 2 aromatic heterocycles. The van der Waals surface area contributed by atoms with Crippen molar-refractivity contribution in [2.24, 2.45) is 0 Å². The molecule has 0 fully saturated rings. The lowest BCUT2D eigenvalue weighted by molar-refractivity contribution is 1.20. The number of para-hydroxylation sites is 3. The number of pyridine rings is 2. The van der Waals surface area contributed by atoms with E-state index in [1.54, 1.807) is 6.08 Å². The first-order valence-electron chi connectivity index (χ1n) is 9.82. The van der Waals surface area contributed by atoms with E-state index in [0.29, 0.717) is 0 Å². The number of hydrogen-bond acceptors (Lipinski definition) is 4. The number of nitrogens with one attached hydrogen (secondary N) is 1. The van der Waals surface area contributed by atoms with Gasteiger partial charge in [-0.25, -0.2) is 9.97 Å². The van der Waals surface area contributed by atoms with Gasteiger partial charge in [-0.2, -0.15) is 0 Å². The van der Waals surface area contributed by atoms with E-state index in [-0.39, 0.29) is 0 Å². The zero-order valence-electron chi connectivity index (χ0n) is 16.4. The van der Waals surface area contributed by atoms with Gasteiger partial charge >= 0.3 is 0 Å². The summed E-state index contributed by atoms with van der Waals surface area (Å²) in [7, 11) is 0. The molecular formula is C26H20N4. The van der Waals surface area contributed by atoms with Gasteiger partial charge in [0.15, 0.2) is 0 Å². The summed E-state index contributed by atoms with van der Waals surface area (Å²) in [5, 5.41) is 3.53. The molecular weight excluding hydrogens is 368 g/mol. The molecule has 2 aromatic carbocycles. The number of hydrogen-bond donors (Lipinski definition) is 1. The average Bonchev–Trinajstić information content (AvgIpc) is 3.17. The first-order valence-corrected chi connectivity index (χ1v) is 9.82. The third-order valence-corrected chi connectivity index (χ3v) is 4.96. The van der Waals surface area contributed by atoms with Crippen molar-refractivity contribution in [1.29, 1.82) is 0 Å². The average molecular weight is 388 g/mol. The SMILES string of the molecule is C=Cc1cccc(-c2cccc(C=C3Nc4ccccc4N3c3ccccc3)n2)n1. The van der Waals surface area contributed by atoms with E-state index < -0.39 is 0 Å². The second-order valence-electron chi connectivity index (χ2n) is 6.94. The zero-order valence-corrected chi connectivity index (χ0v) is 16.4. The maximum Gasteiger partial charge on any atom is 0.117 e. The minimum Gasteiger partial charge on any atom is -0.340 e. The second-order valence-corrected chi connectivity index (χ2v) is 6.94. The number of aromatic nitrogens is 2. The summed E-state index contributed by atoms with van der Waals surface area (Å²) in [6.07, 6.45) is 3.81. The molecule has 0 saturated heterocycles. The number of fused-ring (bicyclic) bond motifs is 1. The van der Waals surface area contributed by atoms with Crippen LogP contribution >= 0.6 is 0 Å². The van der Waals surface area contributed by atoms with Gasteiger partial charge in [0, 0.05) is 11.8 Å². The molecule has 0 aliphatic carbocycles. The topological polar surface area (TPSA) is 41.0 Å². The van der Waals surface area contributed by atoms with Crippen molar-refractivity contribution in [3.63, 3.8) is 0 Å². The van der Waals surface area contributed by atoms with Crippen LogP contribution in [-0.4, -0.2) is 9.97 Å². The summed E-state index contributed by atoms with van der Waals surface area (Å²) in [6.45, 7) is 3.80. The molecule has 4 aromatic rings. The van der Waals surface area contributed by atoms with E-state index in [0.717, 1.165) is 45.7 Å². The summed E-state index contributed by atoms with van der Waals surface area (Å²) in [5.74, 6) is 0.958. The van der Waals surface area contributed by atoms with E-state index in [2.05, 4.69) is 58.2 Å². The lowest BCUT2D eigenvalue weighted by Crippen LogP contribution is -2.14. The summed E-state index contributed by atoms with van der Waals surface area (Å²) in [4.78, 5) is 11.6. The first kappa shape index (κ1) is 17.9. The molecule has 0 atom stereocenters. The van der Waals surface area contributed by atoms with Crippen molar-refractivity contribution in [2.45, 2.75) is 0 Å². The molecule has 4 heteroatoms. The van der Waals surface area contributed by atoms with Crippen molar-refractivity contribution < 1.29 is 0 Å². The summed E-state index contributed by atoms with van der Waals surface area (Å²) in [6, 6.07) is 30.5. The lowest BCUT2D eigenvalue weighted by atomic mass is 10.2. The molecule has 1 N–H and O–H groups in total. The highest BCUT2D eigenvalue weighted by atomic mass is 15.3. The van der Waals surface area contributed by atoms with Crippen LogP contribution in [0.5, 0.6) is 0 Å². The van der Waals surface area contributed by atoms with Gasteiger partial charge in [-0.1, -0.05) is 49.0 Å². The van der Waals surface area contributed by atoms with Gasteiger partial charge in [0.2, 0.25) is 0 Å². The molecule has 30 heavy (non-hydrogen) atoms. The molecule has 0 saturated carbocycles. The largest absolute Gasteiger partial charge is 0.340 e. The molecule has 1 aliphatic rings. The highest BCUT2D eigenvalue weighted by molar-refractivity contribution is 5.89. The normalized spacial score (nSPS) is 13.7. The molecule has 0 amide bonds. The molecule has 5 rings (SSSR count). The first-order chi connectivity index (χ1) is 14.8. The van der Waals surface area contributed by atoms with E-state index >= 15 is 0 Å². The zero-order chi connectivity index (χ0) is 20.3.